The number of carboxylic acid groups (broad SMARTS) is 1. The molecule has 0 saturated carbocycles. The van der Waals surface area contributed by atoms with Crippen molar-refractivity contribution in [2.24, 2.45) is 0 Å². The molecule has 630 valence electrons. The van der Waals surface area contributed by atoms with E-state index in [4.69, 9.17) is 45.0 Å². The Hall–Kier alpha value is -8.99. The third-order valence-corrected chi connectivity index (χ3v) is 22.4. The van der Waals surface area contributed by atoms with E-state index in [2.05, 4.69) is 50.1 Å². The molecule has 9 aromatic carbocycles. The van der Waals surface area contributed by atoms with Gasteiger partial charge in [0.2, 0.25) is 0 Å². The maximum atomic E-state index is 12.9. The summed E-state index contributed by atoms with van der Waals surface area (Å²) in [7, 11) is -4.01. The fourth-order valence-corrected chi connectivity index (χ4v) is 13.0. The number of aryl methyl sites for hydroxylation is 2. The molecule has 0 aliphatic heterocycles. The van der Waals surface area contributed by atoms with E-state index in [-0.39, 0.29) is 121 Å². The van der Waals surface area contributed by atoms with Gasteiger partial charge < -0.3 is 53.7 Å². The number of hydrogen-bond donors (Lipinski definition) is 9. The zero-order chi connectivity index (χ0) is 90.7. The number of thiol groups is 1. The summed E-state index contributed by atoms with van der Waals surface area (Å²) in [6, 6.07) is 51.7. The number of rotatable bonds is 21. The van der Waals surface area contributed by atoms with E-state index in [0.29, 0.717) is 39.1 Å². The third-order valence-electron chi connectivity index (χ3n) is 14.3. The molecular weight excluding hydrogens is 1780 g/mol. The summed E-state index contributed by atoms with van der Waals surface area (Å²) < 4.78 is 137. The number of sulfone groups is 1. The normalized spacial score (nSPS) is 12.1. The number of nitrogens with two attached hydrogens (primary N) is 1. The first-order valence-electron chi connectivity index (χ1n) is 33.8. The number of amides is 2. The standard InChI is InChI=1S/C18H17FN2O4S.C18H17FN2O2S.C10H10FNOS.C10H11FO3S.C9H9FOS.C8H5F3N2.C6H5FS.C3H5BrO.CN.K/c1-12-9-15(6-3-13(12)10-20)21-17(22)18(2,23)11-26(24,25)16-7-4-14(19)5-8-16;1-12-9-15(6-3-13(12)10-20)21-17(22)18(2,23)11-24-16-7-4-14(19)5-8-16;1-10(13,12-2)7-14-9-5-3-8(11)4-6-9;1-10(14,9(12)13)6-15-8-4-2-7(11)3-5-8;1-7(11)6-12-9-4-2-8(10)3-5-9;9-8(10,11)7-3-6(13)2-1-5(7)4-12;7-5-1-3-6(8)4-2-5;1-3(5)2-4;1-2;/h3-9,23H,11H2,1-2H3,(H,21,22);3-9,23H,11H2,1-2H3,(H,21,22);3-6,13H,7H2,1H3;2-5,14H,6H2,1H3,(H,12,13);2-5H,6H2,1H3;1-3H,13H2;1-4,8H;2H2,1H3;;/q;;;;;;;;-1;+1/p+1. The summed E-state index contributed by atoms with van der Waals surface area (Å²) in [4.78, 5) is 62.4. The Kier molecular flexibility index (Phi) is 51.0. The van der Waals surface area contributed by atoms with Gasteiger partial charge in [0, 0.05) is 60.0 Å². The molecular formula is C83H80BrF9KN8O12S6+. The Bertz CT molecular complexity index is 5110. The monoisotopic (exact) mass is 1860 g/mol. The molecule has 9 rings (SSSR count). The molecule has 9 aromatic rings. The molecule has 0 fully saturated rings. The summed E-state index contributed by atoms with van der Waals surface area (Å²) in [6.45, 7) is 23.2. The molecule has 37 heteroatoms. The predicted octanol–water partition coefficient (Wildman–Crippen LogP) is 14.9. The summed E-state index contributed by atoms with van der Waals surface area (Å²) >= 11 is 12.1. The Morgan fingerprint density at radius 3 is 1.14 bits per heavy atom. The minimum absolute atomic E-state index is 0. The largest absolute Gasteiger partial charge is 1.00 e. The molecule has 0 bridgehead atoms. The topological polar surface area (TPSA) is 370 Å². The molecule has 0 aromatic heterocycles. The van der Waals surface area contributed by atoms with Crippen LogP contribution in [0.4, 0.5) is 56.6 Å². The number of thioether (sulfide) groups is 4. The third kappa shape index (κ3) is 45.1. The number of aliphatic hydroxyl groups is 4. The summed E-state index contributed by atoms with van der Waals surface area (Å²) in [5.41, 5.74) is 0.0221. The minimum atomic E-state index is -4.53. The molecule has 0 aliphatic carbocycles. The number of anilines is 3. The van der Waals surface area contributed by atoms with Gasteiger partial charge in [-0.15, -0.1) is 59.7 Å². The van der Waals surface area contributed by atoms with Gasteiger partial charge in [0.25, 0.3) is 11.8 Å². The minimum Gasteiger partial charge on any atom is -0.512 e. The molecule has 9 N–H and O–H groups in total. The van der Waals surface area contributed by atoms with Crippen molar-refractivity contribution >= 4 is 132 Å². The van der Waals surface area contributed by atoms with E-state index in [9.17, 15) is 92.3 Å². The van der Waals surface area contributed by atoms with Crippen LogP contribution in [0.3, 0.4) is 0 Å². The number of halogens is 10. The van der Waals surface area contributed by atoms with Gasteiger partial charge in [0.15, 0.2) is 21.0 Å². The molecule has 4 atom stereocenters. The summed E-state index contributed by atoms with van der Waals surface area (Å²) in [5, 5.41) is 86.2. The number of nitriles is 3. The van der Waals surface area contributed by atoms with Crippen molar-refractivity contribution in [3.05, 3.63) is 286 Å². The second-order valence-electron chi connectivity index (χ2n) is 25.3. The van der Waals surface area contributed by atoms with Gasteiger partial charge >= 0.3 is 70.7 Å². The van der Waals surface area contributed by atoms with Gasteiger partial charge in [0.1, 0.15) is 57.8 Å². The Balaban J connectivity index is 0. The fraction of sp³-hybridized carbons (Fsp3) is 0.229. The zero-order valence-electron chi connectivity index (χ0n) is 66.5. The van der Waals surface area contributed by atoms with Crippen LogP contribution in [-0.2, 0) is 40.0 Å². The first-order chi connectivity index (χ1) is 55.5. The van der Waals surface area contributed by atoms with Crippen LogP contribution < -0.4 is 67.8 Å². The van der Waals surface area contributed by atoms with Crippen molar-refractivity contribution in [1.29, 1.82) is 21.0 Å². The maximum Gasteiger partial charge on any atom is 1.00 e. The van der Waals surface area contributed by atoms with E-state index in [1.807, 2.05) is 6.07 Å². The number of ketones is 2. The number of carbonyl (C=O) groups is 5. The van der Waals surface area contributed by atoms with Crippen LogP contribution in [-0.4, -0.2) is 120 Å². The molecule has 4 unspecified atom stereocenters. The van der Waals surface area contributed by atoms with Crippen LogP contribution in [0.2, 0.25) is 0 Å². The van der Waals surface area contributed by atoms with E-state index < -0.39 is 79.0 Å². The quantitative estimate of drug-likeness (QED) is 0.00471. The van der Waals surface area contributed by atoms with Gasteiger partial charge in [0.05, 0.1) is 62.2 Å². The number of nitrogen functional groups attached to an aromatic ring is 1. The number of carboxylic acids is 1. The van der Waals surface area contributed by atoms with E-state index in [1.54, 1.807) is 86.6 Å². The zero-order valence-corrected chi connectivity index (χ0v) is 75.2. The van der Waals surface area contributed by atoms with Gasteiger partial charge in [-0.25, -0.2) is 46.1 Å². The van der Waals surface area contributed by atoms with Crippen molar-refractivity contribution < 1.29 is 150 Å². The van der Waals surface area contributed by atoms with Crippen LogP contribution >= 0.6 is 75.6 Å². The average Bonchev–Trinajstić information content (AvgIpc) is 0.806. The maximum absolute atomic E-state index is 12.9. The smallest absolute Gasteiger partial charge is 0.512 e. The molecule has 0 radical (unpaired) electrons. The molecule has 20 nitrogen and oxygen atoms in total. The molecule has 2 amide bonds. The van der Waals surface area contributed by atoms with Gasteiger partial charge in [-0.1, -0.05) is 15.9 Å². The first-order valence-corrected chi connectivity index (χ1v) is 40.9. The van der Waals surface area contributed by atoms with Crippen LogP contribution in [0.5, 0.6) is 0 Å². The fourth-order valence-electron chi connectivity index (χ4n) is 7.90. The van der Waals surface area contributed by atoms with E-state index in [1.165, 1.54) is 179 Å². The number of benzene rings is 9. The van der Waals surface area contributed by atoms with Crippen LogP contribution in [0.1, 0.15) is 76.3 Å². The number of hydrogen-bond acceptors (Lipinski definition) is 21. The number of carbonyl (C=O) groups excluding carboxylic acids is 4. The Morgan fingerprint density at radius 1 is 0.517 bits per heavy atom. The van der Waals surface area contributed by atoms with Gasteiger partial charge in [-0.05, 0) is 260 Å². The van der Waals surface area contributed by atoms with Crippen LogP contribution in [0, 0.1) is 101 Å². The van der Waals surface area contributed by atoms with E-state index >= 15 is 0 Å². The van der Waals surface area contributed by atoms with Crippen molar-refractivity contribution in [1.82, 2.24) is 0 Å². The summed E-state index contributed by atoms with van der Waals surface area (Å²) in [5.74, 6) is -4.43. The Labute approximate surface area is 764 Å². The number of Topliss-reactive ketones (excluding diaryl/α,β-unsaturated/α-hetero) is 2. The van der Waals surface area contributed by atoms with Crippen molar-refractivity contribution in [2.45, 2.75) is 113 Å². The molecule has 0 aliphatic rings. The van der Waals surface area contributed by atoms with Crippen molar-refractivity contribution in [3.63, 3.8) is 0 Å². The van der Waals surface area contributed by atoms with Gasteiger partial charge in [-0.2, -0.15) is 29.0 Å². The molecule has 120 heavy (non-hydrogen) atoms. The Morgan fingerprint density at radius 2 is 0.833 bits per heavy atom. The predicted molar refractivity (Wildman–Crippen MR) is 448 cm³/mol. The number of nitrogens with zero attached hydrogens (tertiary/aromatic N) is 5. The number of aliphatic carboxylic acids is 1. The molecule has 0 spiro atoms. The molecule has 0 heterocycles. The first kappa shape index (κ1) is 111. The van der Waals surface area contributed by atoms with Crippen molar-refractivity contribution in [3.8, 4) is 18.2 Å². The number of alkyl halides is 4. The molecule has 0 saturated heterocycles. The van der Waals surface area contributed by atoms with Crippen molar-refractivity contribution in [2.75, 3.05) is 50.5 Å². The second-order valence-corrected chi connectivity index (χ2v) is 32.5. The van der Waals surface area contributed by atoms with Gasteiger partial charge in [-0.3, -0.25) is 24.0 Å². The second kappa shape index (κ2) is 55.1. The SMILES string of the molecule is CC(=O)CBr.CC(=O)CSc1ccc(F)cc1.CC(O)(CSc1ccc(F)cc1)C(=O)O.Cc1cc(NC(=O)C(C)(O)CS(=O)(=O)c2ccc(F)cc2)ccc1C#N.Cc1cc(NC(=O)C(C)(O)CSc2ccc(F)cc2)ccc1C#N.Fc1ccc(S)cc1.N#Cc1ccc(N)cc1C(F)(F)F.[C-]#N.[C-]#[N+]C(C)(O)CSc1ccc(F)cc1.[H+].[K+]. The van der Waals surface area contributed by atoms with Crippen LogP contribution in [0.15, 0.2) is 230 Å². The number of nitrogens with one attached hydrogen (secondary N) is 2. The summed E-state index contributed by atoms with van der Waals surface area (Å²) in [6.07, 6.45) is -4.53. The van der Waals surface area contributed by atoms with Crippen LogP contribution in [0.25, 0.3) is 4.85 Å². The average molecular weight is 1860 g/mol. The van der Waals surface area contributed by atoms with E-state index in [0.717, 1.165) is 73.4 Å².